The van der Waals surface area contributed by atoms with Gasteiger partial charge in [-0.2, -0.15) is 0 Å². The molecule has 63 heavy (non-hydrogen) atoms. The van der Waals surface area contributed by atoms with Crippen molar-refractivity contribution in [3.8, 4) is 11.1 Å². The number of nitrogens with zero attached hydrogens (tertiary/aromatic N) is 1. The van der Waals surface area contributed by atoms with Crippen LogP contribution >= 0.6 is 11.6 Å². The maximum atomic E-state index is 14.8. The van der Waals surface area contributed by atoms with E-state index in [4.69, 9.17) is 21.1 Å². The Balaban J connectivity index is 1.08. The molecule has 5 aromatic rings. The molecule has 8 heteroatoms. The van der Waals surface area contributed by atoms with Crippen molar-refractivity contribution in [1.82, 2.24) is 10.2 Å². The number of fused-ring (bicyclic) bond motifs is 3. The minimum Gasteiger partial charge on any atom is -0.449 e. The smallest absolute Gasteiger partial charge is 0.407 e. The summed E-state index contributed by atoms with van der Waals surface area (Å²) >= 11 is 7.08. The second-order valence-electron chi connectivity index (χ2n) is 17.7. The van der Waals surface area contributed by atoms with E-state index in [9.17, 15) is 14.4 Å². The lowest BCUT2D eigenvalue weighted by molar-refractivity contribution is -0.156. The molecule has 0 bridgehead atoms. The fraction of sp³-hybridized carbons (Fsp3) is 0.400. The highest BCUT2D eigenvalue weighted by atomic mass is 35.5. The molecule has 2 amide bonds. The van der Waals surface area contributed by atoms with Crippen molar-refractivity contribution in [3.05, 3.63) is 166 Å². The monoisotopic (exact) mass is 864 g/mol. The molecule has 5 aromatic carbocycles. The summed E-state index contributed by atoms with van der Waals surface area (Å²) in [4.78, 5) is 44.6. The predicted octanol–water partition coefficient (Wildman–Crippen LogP) is 12.9. The molecular formula is C55H61ClN2O5. The van der Waals surface area contributed by atoms with Crippen LogP contribution in [0.3, 0.4) is 0 Å². The summed E-state index contributed by atoms with van der Waals surface area (Å²) in [6.07, 6.45) is 15.5. The lowest BCUT2D eigenvalue weighted by Crippen LogP contribution is -2.51. The number of benzene rings is 5. The second kappa shape index (κ2) is 21.3. The largest absolute Gasteiger partial charge is 0.449 e. The standard InChI is InChI=1S/C55H61ClN2O5/c56-50-31-19-18-30-49(50)55(42-24-12-8-13-25-42,43-34-32-41(33-35-43)40-22-10-6-4-2-1-3-5-7-11-23-40)63-52(59)38-51(53(60)58-36-20-9-21-37-58)57-54(61)62-39-48-46-28-16-14-26-44(46)45-27-15-17-29-47(45)48/h8,12-19,24-35,40,48,51H,1-7,9-11,20-23,36-39H2,(H,57,61)/t51-,55?/m0/s1. The van der Waals surface area contributed by atoms with Crippen molar-refractivity contribution >= 4 is 29.6 Å². The van der Waals surface area contributed by atoms with E-state index in [1.165, 1.54) is 63.4 Å². The summed E-state index contributed by atoms with van der Waals surface area (Å²) in [5.41, 5.74) is 6.30. The Morgan fingerprint density at radius 3 is 1.76 bits per heavy atom. The summed E-state index contributed by atoms with van der Waals surface area (Å²) in [6.45, 7) is 1.19. The summed E-state index contributed by atoms with van der Waals surface area (Å²) in [5.74, 6) is -0.688. The lowest BCUT2D eigenvalue weighted by Gasteiger charge is -2.37. The van der Waals surface area contributed by atoms with Gasteiger partial charge in [-0.3, -0.25) is 9.59 Å². The van der Waals surface area contributed by atoms with Gasteiger partial charge in [-0.15, -0.1) is 0 Å². The Morgan fingerprint density at radius 1 is 0.619 bits per heavy atom. The van der Waals surface area contributed by atoms with E-state index in [1.807, 2.05) is 78.9 Å². The van der Waals surface area contributed by atoms with Gasteiger partial charge in [0.05, 0.1) is 6.42 Å². The van der Waals surface area contributed by atoms with Crippen LogP contribution in [-0.2, 0) is 24.7 Å². The quantitative estimate of drug-likeness (QED) is 0.106. The summed E-state index contributed by atoms with van der Waals surface area (Å²) < 4.78 is 12.8. The third-order valence-corrected chi connectivity index (χ3v) is 13.9. The van der Waals surface area contributed by atoms with Crippen LogP contribution in [0.1, 0.15) is 142 Å². The minimum absolute atomic E-state index is 0.0788. The van der Waals surface area contributed by atoms with Gasteiger partial charge in [0, 0.05) is 40.7 Å². The number of amides is 2. The number of hydrogen-bond acceptors (Lipinski definition) is 5. The maximum absolute atomic E-state index is 14.8. The van der Waals surface area contributed by atoms with E-state index >= 15 is 0 Å². The van der Waals surface area contributed by atoms with Gasteiger partial charge in [0.15, 0.2) is 5.60 Å². The summed E-state index contributed by atoms with van der Waals surface area (Å²) in [5, 5.41) is 3.26. The van der Waals surface area contributed by atoms with Gasteiger partial charge >= 0.3 is 12.1 Å². The van der Waals surface area contributed by atoms with Crippen LogP contribution in [0.25, 0.3) is 11.1 Å². The van der Waals surface area contributed by atoms with Crippen LogP contribution < -0.4 is 5.32 Å². The molecule has 8 rings (SSSR count). The number of rotatable bonds is 11. The van der Waals surface area contributed by atoms with Crippen molar-refractivity contribution in [1.29, 1.82) is 0 Å². The summed E-state index contributed by atoms with van der Waals surface area (Å²) in [7, 11) is 0. The van der Waals surface area contributed by atoms with E-state index in [-0.39, 0.29) is 18.4 Å². The molecular weight excluding hydrogens is 804 g/mol. The molecule has 1 aliphatic heterocycles. The van der Waals surface area contributed by atoms with Crippen molar-refractivity contribution in [2.24, 2.45) is 0 Å². The van der Waals surface area contributed by atoms with Gasteiger partial charge in [0.1, 0.15) is 12.6 Å². The zero-order valence-electron chi connectivity index (χ0n) is 36.5. The van der Waals surface area contributed by atoms with E-state index in [1.54, 1.807) is 4.90 Å². The van der Waals surface area contributed by atoms with Crippen LogP contribution in [0.2, 0.25) is 5.02 Å². The van der Waals surface area contributed by atoms with Crippen LogP contribution in [0, 0.1) is 0 Å². The van der Waals surface area contributed by atoms with Gasteiger partial charge in [-0.05, 0) is 71.9 Å². The Labute approximate surface area is 378 Å². The molecule has 0 aromatic heterocycles. The van der Waals surface area contributed by atoms with Crippen LogP contribution in [-0.4, -0.2) is 48.6 Å². The molecule has 2 aliphatic carbocycles. The van der Waals surface area contributed by atoms with Gasteiger partial charge in [0.25, 0.3) is 0 Å². The topological polar surface area (TPSA) is 84.9 Å². The fourth-order valence-corrected chi connectivity index (χ4v) is 10.5. The Morgan fingerprint density at radius 2 is 1.14 bits per heavy atom. The van der Waals surface area contributed by atoms with E-state index in [0.29, 0.717) is 35.2 Å². The van der Waals surface area contributed by atoms with Gasteiger partial charge in [-0.25, -0.2) is 4.79 Å². The van der Waals surface area contributed by atoms with Gasteiger partial charge in [-0.1, -0.05) is 191 Å². The van der Waals surface area contributed by atoms with Crippen molar-refractivity contribution in [2.75, 3.05) is 19.7 Å². The van der Waals surface area contributed by atoms with Crippen molar-refractivity contribution < 1.29 is 23.9 Å². The number of carbonyl (C=O) groups excluding carboxylic acids is 3. The molecule has 328 valence electrons. The number of esters is 1. The molecule has 1 heterocycles. The Kier molecular flexibility index (Phi) is 15.0. The van der Waals surface area contributed by atoms with E-state index < -0.39 is 30.1 Å². The van der Waals surface area contributed by atoms with Crippen LogP contribution in [0.4, 0.5) is 4.79 Å². The summed E-state index contributed by atoms with van der Waals surface area (Å²) in [6, 6.07) is 40.8. The Bertz CT molecular complexity index is 2250. The third kappa shape index (κ3) is 10.4. The molecule has 1 saturated heterocycles. The van der Waals surface area contributed by atoms with Gasteiger partial charge in [0.2, 0.25) is 5.91 Å². The van der Waals surface area contributed by atoms with E-state index in [2.05, 4.69) is 53.8 Å². The SMILES string of the molecule is O=C(C[C@H](NC(=O)OCC1c2ccccc2-c2ccccc21)C(=O)N1CCCCC1)OC(c1ccccc1)(c1ccc(C2CCCCCCCCCCC2)cc1)c1ccccc1Cl. The zero-order valence-corrected chi connectivity index (χ0v) is 37.2. The maximum Gasteiger partial charge on any atom is 0.407 e. The predicted molar refractivity (Wildman–Crippen MR) is 251 cm³/mol. The van der Waals surface area contributed by atoms with E-state index in [0.717, 1.165) is 59.9 Å². The molecule has 2 fully saturated rings. The number of alkyl carbamates (subject to hydrolysis) is 1. The number of halogens is 1. The number of nitrogens with one attached hydrogen (secondary N) is 1. The molecule has 1 saturated carbocycles. The molecule has 3 aliphatic rings. The number of likely N-dealkylation sites (tertiary alicyclic amines) is 1. The number of ether oxygens (including phenoxy) is 2. The first-order valence-electron chi connectivity index (χ1n) is 23.5. The molecule has 1 unspecified atom stereocenters. The minimum atomic E-state index is -1.47. The Hall–Kier alpha value is -5.40. The molecule has 7 nitrogen and oxygen atoms in total. The normalized spacial score (nSPS) is 17.8. The van der Waals surface area contributed by atoms with Crippen molar-refractivity contribution in [3.63, 3.8) is 0 Å². The first-order valence-corrected chi connectivity index (χ1v) is 23.8. The first-order chi connectivity index (χ1) is 30.9. The lowest BCUT2D eigenvalue weighted by atomic mass is 9.78. The zero-order chi connectivity index (χ0) is 43.4. The third-order valence-electron chi connectivity index (χ3n) is 13.6. The fourth-order valence-electron chi connectivity index (χ4n) is 10.3. The number of carbonyl (C=O) groups is 3. The molecule has 0 radical (unpaired) electrons. The number of hydrogen-bond donors (Lipinski definition) is 1. The molecule has 2 atom stereocenters. The highest BCUT2D eigenvalue weighted by Gasteiger charge is 2.43. The highest BCUT2D eigenvalue weighted by Crippen LogP contribution is 2.46. The van der Waals surface area contributed by atoms with Crippen LogP contribution in [0.15, 0.2) is 127 Å². The molecule has 0 spiro atoms. The number of piperidine rings is 1. The second-order valence-corrected chi connectivity index (χ2v) is 18.1. The first kappa shape index (κ1) is 44.2. The average molecular weight is 866 g/mol. The van der Waals surface area contributed by atoms with Gasteiger partial charge < -0.3 is 19.7 Å². The molecule has 1 N–H and O–H groups in total. The highest BCUT2D eigenvalue weighted by molar-refractivity contribution is 6.31. The van der Waals surface area contributed by atoms with Crippen LogP contribution in [0.5, 0.6) is 0 Å². The average Bonchev–Trinajstić information content (AvgIpc) is 3.64. The van der Waals surface area contributed by atoms with Crippen molar-refractivity contribution in [2.45, 2.75) is 120 Å².